The Morgan fingerprint density at radius 3 is 2.96 bits per heavy atom. The summed E-state index contributed by atoms with van der Waals surface area (Å²) in [5.74, 6) is -0.143. The fraction of sp³-hybridized carbons (Fsp3) is 0.0556. The van der Waals surface area contributed by atoms with Gasteiger partial charge in [0, 0.05) is 16.0 Å². The molecule has 0 saturated heterocycles. The summed E-state index contributed by atoms with van der Waals surface area (Å²) in [7, 11) is 0. The molecule has 0 aliphatic rings. The monoisotopic (exact) mass is 368 g/mol. The van der Waals surface area contributed by atoms with Crippen molar-refractivity contribution >= 4 is 45.0 Å². The maximum Gasteiger partial charge on any atom is 0.246 e. The van der Waals surface area contributed by atoms with E-state index in [2.05, 4.69) is 15.3 Å². The van der Waals surface area contributed by atoms with Gasteiger partial charge >= 0.3 is 0 Å². The number of hydrogen-bond acceptors (Lipinski definition) is 4. The molecule has 4 rings (SSSR count). The summed E-state index contributed by atoms with van der Waals surface area (Å²) in [5.41, 5.74) is 3.50. The number of carbonyl (C=O) groups excluding carboxylic acids is 1. The molecule has 2 aromatic carbocycles. The van der Waals surface area contributed by atoms with Crippen molar-refractivity contribution in [2.75, 3.05) is 5.32 Å². The van der Waals surface area contributed by atoms with Gasteiger partial charge in [0.25, 0.3) is 0 Å². The Bertz CT molecular complexity index is 1060. The van der Waals surface area contributed by atoms with Gasteiger partial charge in [-0.2, -0.15) is 0 Å². The normalized spacial score (nSPS) is 10.9. The van der Waals surface area contributed by atoms with E-state index < -0.39 is 0 Å². The standard InChI is InChI=1S/C18H13ClN4OS/c19-13-5-3-4-12(8-13)15-10-25-18(21-15)22-17(24)9-23-11-20-14-6-1-2-7-16(14)23/h1-8,10-11H,9H2,(H,21,22,24). The molecule has 5 nitrogen and oxygen atoms in total. The van der Waals surface area contributed by atoms with Crippen LogP contribution in [0.1, 0.15) is 0 Å². The number of halogens is 1. The molecule has 0 aliphatic heterocycles. The first-order valence-electron chi connectivity index (χ1n) is 7.60. The van der Waals surface area contributed by atoms with Gasteiger partial charge in [0.2, 0.25) is 5.91 Å². The third kappa shape index (κ3) is 3.40. The third-order valence-corrected chi connectivity index (χ3v) is 4.71. The molecule has 0 fully saturated rings. The minimum Gasteiger partial charge on any atom is -0.321 e. The van der Waals surface area contributed by atoms with Gasteiger partial charge in [-0.05, 0) is 24.3 Å². The highest BCUT2D eigenvalue weighted by molar-refractivity contribution is 7.14. The van der Waals surface area contributed by atoms with Crippen molar-refractivity contribution in [2.24, 2.45) is 0 Å². The lowest BCUT2D eigenvalue weighted by Gasteiger charge is -2.04. The van der Waals surface area contributed by atoms with E-state index in [9.17, 15) is 4.79 Å². The number of anilines is 1. The van der Waals surface area contributed by atoms with Crippen LogP contribution in [0.4, 0.5) is 5.13 Å². The molecule has 1 N–H and O–H groups in total. The van der Waals surface area contributed by atoms with Crippen LogP contribution in [0.5, 0.6) is 0 Å². The Labute approximate surface area is 152 Å². The smallest absolute Gasteiger partial charge is 0.246 e. The van der Waals surface area contributed by atoms with E-state index in [1.54, 1.807) is 6.33 Å². The summed E-state index contributed by atoms with van der Waals surface area (Å²) in [6.45, 7) is 0.187. The number of amides is 1. The lowest BCUT2D eigenvalue weighted by molar-refractivity contribution is -0.116. The van der Waals surface area contributed by atoms with Crippen LogP contribution in [-0.4, -0.2) is 20.4 Å². The topological polar surface area (TPSA) is 59.8 Å². The zero-order chi connectivity index (χ0) is 17.2. The lowest BCUT2D eigenvalue weighted by Crippen LogP contribution is -2.18. The van der Waals surface area contributed by atoms with Gasteiger partial charge in [0.05, 0.1) is 23.1 Å². The first kappa shape index (κ1) is 15.8. The van der Waals surface area contributed by atoms with Crippen LogP contribution in [0.15, 0.2) is 60.2 Å². The molecule has 124 valence electrons. The highest BCUT2D eigenvalue weighted by Crippen LogP contribution is 2.26. The fourth-order valence-electron chi connectivity index (χ4n) is 2.56. The van der Waals surface area contributed by atoms with Gasteiger partial charge in [0.15, 0.2) is 5.13 Å². The lowest BCUT2D eigenvalue weighted by atomic mass is 10.2. The van der Waals surface area contributed by atoms with E-state index in [0.29, 0.717) is 10.2 Å². The van der Waals surface area contributed by atoms with E-state index in [4.69, 9.17) is 11.6 Å². The predicted molar refractivity (Wildman–Crippen MR) is 101 cm³/mol. The van der Waals surface area contributed by atoms with Gasteiger partial charge < -0.3 is 9.88 Å². The van der Waals surface area contributed by atoms with Crippen LogP contribution in [0.2, 0.25) is 5.02 Å². The Balaban J connectivity index is 1.48. The molecule has 0 unspecified atom stereocenters. The third-order valence-electron chi connectivity index (χ3n) is 3.71. The molecule has 7 heteroatoms. The van der Waals surface area contributed by atoms with E-state index in [0.717, 1.165) is 22.3 Å². The molecule has 1 amide bonds. The number of nitrogens with zero attached hydrogens (tertiary/aromatic N) is 3. The number of hydrogen-bond donors (Lipinski definition) is 1. The summed E-state index contributed by atoms with van der Waals surface area (Å²) >= 11 is 7.39. The summed E-state index contributed by atoms with van der Waals surface area (Å²) < 4.78 is 1.82. The minimum atomic E-state index is -0.143. The Morgan fingerprint density at radius 2 is 2.08 bits per heavy atom. The molecule has 0 atom stereocenters. The molecule has 4 aromatic rings. The van der Waals surface area contributed by atoms with Crippen LogP contribution < -0.4 is 5.32 Å². The number of para-hydroxylation sites is 2. The van der Waals surface area contributed by atoms with Crippen molar-refractivity contribution < 1.29 is 4.79 Å². The first-order chi connectivity index (χ1) is 12.2. The molecule has 2 aromatic heterocycles. The zero-order valence-corrected chi connectivity index (χ0v) is 14.6. The number of carbonyl (C=O) groups is 1. The Hall–Kier alpha value is -2.70. The molecule has 0 radical (unpaired) electrons. The summed E-state index contributed by atoms with van der Waals surface area (Å²) in [4.78, 5) is 21.1. The van der Waals surface area contributed by atoms with Gasteiger partial charge in [-0.15, -0.1) is 11.3 Å². The van der Waals surface area contributed by atoms with Crippen LogP contribution in [0.3, 0.4) is 0 Å². The molecule has 0 spiro atoms. The first-order valence-corrected chi connectivity index (χ1v) is 8.86. The second-order valence-corrected chi connectivity index (χ2v) is 6.75. The SMILES string of the molecule is O=C(Cn1cnc2ccccc21)Nc1nc(-c2cccc(Cl)c2)cs1. The maximum atomic E-state index is 12.3. The Kier molecular flexibility index (Phi) is 4.21. The highest BCUT2D eigenvalue weighted by atomic mass is 35.5. The minimum absolute atomic E-state index is 0.143. The number of nitrogens with one attached hydrogen (secondary N) is 1. The van der Waals surface area contributed by atoms with Crippen molar-refractivity contribution in [1.29, 1.82) is 0 Å². The molecular weight excluding hydrogens is 356 g/mol. The largest absolute Gasteiger partial charge is 0.321 e. The second-order valence-electron chi connectivity index (χ2n) is 5.46. The molecule has 0 saturated carbocycles. The van der Waals surface area contributed by atoms with Crippen LogP contribution in [-0.2, 0) is 11.3 Å². The number of aromatic nitrogens is 3. The van der Waals surface area contributed by atoms with Crippen molar-refractivity contribution in [1.82, 2.24) is 14.5 Å². The van der Waals surface area contributed by atoms with Crippen LogP contribution in [0, 0.1) is 0 Å². The number of fused-ring (bicyclic) bond motifs is 1. The van der Waals surface area contributed by atoms with Crippen LogP contribution in [0.25, 0.3) is 22.3 Å². The van der Waals surface area contributed by atoms with Gasteiger partial charge in [-0.3, -0.25) is 4.79 Å². The van der Waals surface area contributed by atoms with Crippen molar-refractivity contribution in [3.8, 4) is 11.3 Å². The average Bonchev–Trinajstić information content (AvgIpc) is 3.23. The van der Waals surface area contributed by atoms with Gasteiger partial charge in [-0.25, -0.2) is 9.97 Å². The fourth-order valence-corrected chi connectivity index (χ4v) is 3.49. The summed E-state index contributed by atoms with van der Waals surface area (Å²) in [6.07, 6.45) is 1.67. The second kappa shape index (κ2) is 6.66. The van der Waals surface area contributed by atoms with E-state index in [-0.39, 0.29) is 12.5 Å². The Morgan fingerprint density at radius 1 is 1.20 bits per heavy atom. The zero-order valence-electron chi connectivity index (χ0n) is 13.0. The summed E-state index contributed by atoms with van der Waals surface area (Å²) in [6, 6.07) is 15.2. The van der Waals surface area contributed by atoms with Crippen LogP contribution >= 0.6 is 22.9 Å². The number of thiazole rings is 1. The molecular formula is C18H13ClN4OS. The molecule has 25 heavy (non-hydrogen) atoms. The molecule has 2 heterocycles. The number of rotatable bonds is 4. The van der Waals surface area contributed by atoms with E-state index in [1.807, 2.05) is 58.5 Å². The van der Waals surface area contributed by atoms with Gasteiger partial charge in [-0.1, -0.05) is 35.9 Å². The van der Waals surface area contributed by atoms with E-state index in [1.165, 1.54) is 11.3 Å². The van der Waals surface area contributed by atoms with Gasteiger partial charge in [0.1, 0.15) is 6.54 Å². The quantitative estimate of drug-likeness (QED) is 0.578. The highest BCUT2D eigenvalue weighted by Gasteiger charge is 2.10. The molecule has 0 bridgehead atoms. The van der Waals surface area contributed by atoms with Crippen molar-refractivity contribution in [2.45, 2.75) is 6.54 Å². The summed E-state index contributed by atoms with van der Waals surface area (Å²) in [5, 5.41) is 5.95. The number of imidazole rings is 1. The van der Waals surface area contributed by atoms with Crippen molar-refractivity contribution in [3.05, 3.63) is 65.3 Å². The number of benzene rings is 2. The van der Waals surface area contributed by atoms with Crippen molar-refractivity contribution in [3.63, 3.8) is 0 Å². The average molecular weight is 369 g/mol. The van der Waals surface area contributed by atoms with E-state index >= 15 is 0 Å². The molecule has 0 aliphatic carbocycles. The maximum absolute atomic E-state index is 12.3. The predicted octanol–water partition coefficient (Wildman–Crippen LogP) is 4.45.